The van der Waals surface area contributed by atoms with Crippen LogP contribution in [0.4, 0.5) is 13.2 Å². The van der Waals surface area contributed by atoms with Gasteiger partial charge in [0.2, 0.25) is 0 Å². The highest BCUT2D eigenvalue weighted by Gasteiger charge is 2.25. The van der Waals surface area contributed by atoms with Crippen molar-refractivity contribution in [1.29, 1.82) is 0 Å². The molecule has 0 spiro atoms. The zero-order chi connectivity index (χ0) is 24.2. The van der Waals surface area contributed by atoms with Crippen molar-refractivity contribution in [2.75, 3.05) is 5.75 Å². The molecule has 4 rings (SSSR count). The minimum absolute atomic E-state index is 0.155. The molecule has 34 heavy (non-hydrogen) atoms. The van der Waals surface area contributed by atoms with Crippen LogP contribution in [0.25, 0.3) is 11.1 Å². The second-order valence-corrected chi connectivity index (χ2v) is 9.34. The minimum Gasteiger partial charge on any atom is -0.508 e. The number of alkyl halides is 2. The van der Waals surface area contributed by atoms with Crippen molar-refractivity contribution in [3.63, 3.8) is 0 Å². The second kappa shape index (κ2) is 10.6. The van der Waals surface area contributed by atoms with E-state index >= 15 is 4.39 Å². The van der Waals surface area contributed by atoms with Crippen molar-refractivity contribution in [1.82, 2.24) is 0 Å². The van der Waals surface area contributed by atoms with Crippen LogP contribution in [-0.4, -0.2) is 17.0 Å². The number of hydrogen-bond donors (Lipinski definition) is 1. The molecular weight excluding hydrogens is 457 g/mol. The van der Waals surface area contributed by atoms with Gasteiger partial charge in [-0.05, 0) is 71.5 Å². The van der Waals surface area contributed by atoms with E-state index < -0.39 is 12.2 Å². The lowest BCUT2D eigenvalue weighted by atomic mass is 9.89. The number of hydrogen-bond acceptors (Lipinski definition) is 3. The molecule has 178 valence electrons. The number of benzene rings is 3. The monoisotopic (exact) mass is 484 g/mol. The van der Waals surface area contributed by atoms with Gasteiger partial charge in [0.1, 0.15) is 17.3 Å². The first kappa shape index (κ1) is 24.3. The van der Waals surface area contributed by atoms with Gasteiger partial charge in [0.15, 0.2) is 0 Å². The molecule has 2 nitrogen and oxygen atoms in total. The zero-order valence-electron chi connectivity index (χ0n) is 19.2. The van der Waals surface area contributed by atoms with E-state index in [-0.39, 0.29) is 17.4 Å². The van der Waals surface area contributed by atoms with Gasteiger partial charge >= 0.3 is 0 Å². The van der Waals surface area contributed by atoms with Crippen LogP contribution in [0.3, 0.4) is 0 Å². The van der Waals surface area contributed by atoms with Crippen molar-refractivity contribution in [3.05, 3.63) is 88.7 Å². The third-order valence-corrected chi connectivity index (χ3v) is 7.07. The van der Waals surface area contributed by atoms with E-state index in [9.17, 15) is 13.9 Å². The second-order valence-electron chi connectivity index (χ2n) is 8.32. The SMILES string of the molecule is CCCC(CC)Oc1ccc(C2=C(c3ccc(C(F)F)cc3F)CSc3cc(O)ccc32)cc1. The van der Waals surface area contributed by atoms with E-state index in [4.69, 9.17) is 4.74 Å². The maximum atomic E-state index is 15.0. The maximum Gasteiger partial charge on any atom is 0.263 e. The number of aromatic hydroxyl groups is 1. The molecule has 1 unspecified atom stereocenters. The smallest absolute Gasteiger partial charge is 0.263 e. The van der Waals surface area contributed by atoms with Crippen molar-refractivity contribution >= 4 is 22.9 Å². The number of rotatable bonds is 8. The van der Waals surface area contributed by atoms with Crippen LogP contribution >= 0.6 is 11.8 Å². The Balaban J connectivity index is 1.80. The van der Waals surface area contributed by atoms with E-state index in [1.807, 2.05) is 30.3 Å². The van der Waals surface area contributed by atoms with Crippen LogP contribution in [0.5, 0.6) is 11.5 Å². The summed E-state index contributed by atoms with van der Waals surface area (Å²) in [6, 6.07) is 16.5. The summed E-state index contributed by atoms with van der Waals surface area (Å²) >= 11 is 1.49. The largest absolute Gasteiger partial charge is 0.508 e. The molecule has 6 heteroatoms. The van der Waals surface area contributed by atoms with E-state index in [2.05, 4.69) is 13.8 Å². The highest BCUT2D eigenvalue weighted by molar-refractivity contribution is 7.99. The third-order valence-electron chi connectivity index (χ3n) is 5.99. The van der Waals surface area contributed by atoms with Crippen LogP contribution in [0.1, 0.15) is 61.8 Å². The van der Waals surface area contributed by atoms with Crippen LogP contribution < -0.4 is 4.74 Å². The standard InChI is InChI=1S/C28H27F3O2S/c1-3-5-20(4-2)33-21-10-6-17(7-11-21)27-23-13-9-19(32)15-26(23)34-16-24(27)22-12-8-18(28(30)31)14-25(22)29/h6-15,20,28,32H,3-5,16H2,1-2H3. The first-order chi connectivity index (χ1) is 16.4. The Morgan fingerprint density at radius 1 is 0.971 bits per heavy atom. The third kappa shape index (κ3) is 5.12. The topological polar surface area (TPSA) is 29.5 Å². The summed E-state index contributed by atoms with van der Waals surface area (Å²) in [5.74, 6) is 0.712. The van der Waals surface area contributed by atoms with Gasteiger partial charge < -0.3 is 9.84 Å². The quantitative estimate of drug-likeness (QED) is 0.348. The normalized spacial score (nSPS) is 14.3. The van der Waals surface area contributed by atoms with Gasteiger partial charge in [-0.1, -0.05) is 44.5 Å². The van der Waals surface area contributed by atoms with E-state index in [1.165, 1.54) is 23.9 Å². The highest BCUT2D eigenvalue weighted by atomic mass is 32.2. The molecule has 1 aliphatic rings. The molecule has 0 aliphatic carbocycles. The molecule has 1 atom stereocenters. The lowest BCUT2D eigenvalue weighted by Gasteiger charge is -2.25. The van der Waals surface area contributed by atoms with Crippen molar-refractivity contribution in [2.45, 2.75) is 50.5 Å². The molecular formula is C28H27F3O2S. The Bertz CT molecular complexity index is 1190. The lowest BCUT2D eigenvalue weighted by molar-refractivity contribution is 0.151. The van der Waals surface area contributed by atoms with Gasteiger partial charge in [-0.15, -0.1) is 11.8 Å². The molecule has 0 radical (unpaired) electrons. The van der Waals surface area contributed by atoms with Crippen LogP contribution in [-0.2, 0) is 0 Å². The number of ether oxygens (including phenoxy) is 1. The average molecular weight is 485 g/mol. The van der Waals surface area contributed by atoms with Crippen molar-refractivity contribution < 1.29 is 23.0 Å². The van der Waals surface area contributed by atoms with Gasteiger partial charge in [0.25, 0.3) is 6.43 Å². The van der Waals surface area contributed by atoms with E-state index in [0.29, 0.717) is 11.3 Å². The molecule has 0 fully saturated rings. The Labute approximate surface area is 202 Å². The molecule has 3 aromatic rings. The lowest BCUT2D eigenvalue weighted by Crippen LogP contribution is -2.14. The van der Waals surface area contributed by atoms with Gasteiger partial charge in [0, 0.05) is 21.8 Å². The molecule has 0 saturated heterocycles. The molecule has 1 aliphatic heterocycles. The van der Waals surface area contributed by atoms with Crippen LogP contribution in [0, 0.1) is 5.82 Å². The molecule has 1 heterocycles. The molecule has 0 aromatic heterocycles. The van der Waals surface area contributed by atoms with E-state index in [0.717, 1.165) is 58.2 Å². The first-order valence-electron chi connectivity index (χ1n) is 11.5. The zero-order valence-corrected chi connectivity index (χ0v) is 20.0. The summed E-state index contributed by atoms with van der Waals surface area (Å²) in [5.41, 5.74) is 3.26. The summed E-state index contributed by atoms with van der Waals surface area (Å²) in [7, 11) is 0. The van der Waals surface area contributed by atoms with Crippen molar-refractivity contribution in [2.24, 2.45) is 0 Å². The van der Waals surface area contributed by atoms with Crippen LogP contribution in [0.2, 0.25) is 0 Å². The number of fused-ring (bicyclic) bond motifs is 1. The molecule has 0 amide bonds. The van der Waals surface area contributed by atoms with Crippen LogP contribution in [0.15, 0.2) is 65.6 Å². The fourth-order valence-electron chi connectivity index (χ4n) is 4.24. The maximum absolute atomic E-state index is 15.0. The minimum atomic E-state index is -2.73. The summed E-state index contributed by atoms with van der Waals surface area (Å²) in [6.45, 7) is 4.23. The number of phenolic OH excluding ortho intramolecular Hbond substituents is 1. The molecule has 0 bridgehead atoms. The van der Waals surface area contributed by atoms with Gasteiger partial charge in [-0.2, -0.15) is 0 Å². The predicted octanol–water partition coefficient (Wildman–Crippen LogP) is 8.49. The summed E-state index contributed by atoms with van der Waals surface area (Å²) in [4.78, 5) is 0.887. The fraction of sp³-hybridized carbons (Fsp3) is 0.286. The number of halogens is 3. The summed E-state index contributed by atoms with van der Waals surface area (Å²) in [6.07, 6.45) is 0.378. The first-order valence-corrected chi connectivity index (χ1v) is 12.4. The molecule has 1 N–H and O–H groups in total. The Hall–Kier alpha value is -2.86. The van der Waals surface area contributed by atoms with Gasteiger partial charge in [-0.3, -0.25) is 0 Å². The summed E-state index contributed by atoms with van der Waals surface area (Å²) in [5, 5.41) is 9.97. The Kier molecular flexibility index (Phi) is 7.57. The van der Waals surface area contributed by atoms with E-state index in [1.54, 1.807) is 12.1 Å². The highest BCUT2D eigenvalue weighted by Crippen LogP contribution is 2.46. The molecule has 3 aromatic carbocycles. The fourth-order valence-corrected chi connectivity index (χ4v) is 5.37. The molecule has 0 saturated carbocycles. The Morgan fingerprint density at radius 2 is 1.71 bits per heavy atom. The number of thioether (sulfide) groups is 1. The van der Waals surface area contributed by atoms with Gasteiger partial charge in [0.05, 0.1) is 6.10 Å². The number of phenols is 1. The average Bonchev–Trinajstić information content (AvgIpc) is 2.83. The van der Waals surface area contributed by atoms with Gasteiger partial charge in [-0.25, -0.2) is 13.2 Å². The predicted molar refractivity (Wildman–Crippen MR) is 132 cm³/mol. The van der Waals surface area contributed by atoms with Crippen molar-refractivity contribution in [3.8, 4) is 11.5 Å². The Morgan fingerprint density at radius 3 is 2.35 bits per heavy atom. The summed E-state index contributed by atoms with van der Waals surface area (Å²) < 4.78 is 47.3.